The normalized spacial score (nSPS) is 22.3. The molecule has 0 N–H and O–H groups in total. The van der Waals surface area contributed by atoms with Gasteiger partial charge in [-0.1, -0.05) is 51.3 Å². The fourth-order valence-electron chi connectivity index (χ4n) is 5.27. The first-order valence-corrected chi connectivity index (χ1v) is 11.7. The minimum Gasteiger partial charge on any atom is -0.315 e. The minimum atomic E-state index is 0.175. The van der Waals surface area contributed by atoms with Gasteiger partial charge in [-0.25, -0.2) is 9.97 Å². The Balaban J connectivity index is 1.72. The molecule has 0 spiro atoms. The number of thiophene rings is 1. The summed E-state index contributed by atoms with van der Waals surface area (Å²) in [6, 6.07) is 13.3. The summed E-state index contributed by atoms with van der Waals surface area (Å²) in [5, 5.41) is 3.44. The first kappa shape index (κ1) is 18.6. The number of unbranched alkanes of at least 4 members (excludes halogenated alkanes) is 2. The average molecular weight is 405 g/mol. The van der Waals surface area contributed by atoms with E-state index in [2.05, 4.69) is 70.4 Å². The van der Waals surface area contributed by atoms with Crippen molar-refractivity contribution in [1.82, 2.24) is 9.97 Å². The summed E-state index contributed by atoms with van der Waals surface area (Å²) < 4.78 is 0. The lowest BCUT2D eigenvalue weighted by molar-refractivity contribution is 0.182. The highest BCUT2D eigenvalue weighted by atomic mass is 32.1. The molecule has 1 aromatic carbocycles. The number of rotatable bonds is 6. The van der Waals surface area contributed by atoms with Crippen molar-refractivity contribution in [2.24, 2.45) is 5.41 Å². The molecule has 3 aromatic rings. The van der Waals surface area contributed by atoms with Gasteiger partial charge in [-0.2, -0.15) is 0 Å². The van der Waals surface area contributed by atoms with Gasteiger partial charge in [0.05, 0.1) is 11.2 Å². The van der Waals surface area contributed by atoms with Crippen LogP contribution in [-0.2, 0) is 6.42 Å². The van der Waals surface area contributed by atoms with Gasteiger partial charge in [-0.3, -0.25) is 4.90 Å². The van der Waals surface area contributed by atoms with Crippen LogP contribution >= 0.6 is 11.3 Å². The fraction of sp³-hybridized carbons (Fsp3) is 0.417. The van der Waals surface area contributed by atoms with Gasteiger partial charge in [-0.15, -0.1) is 11.3 Å². The minimum absolute atomic E-state index is 0.175. The summed E-state index contributed by atoms with van der Waals surface area (Å²) in [6.07, 6.45) is 11.2. The Morgan fingerprint density at radius 2 is 1.97 bits per heavy atom. The third kappa shape index (κ3) is 2.86. The van der Waals surface area contributed by atoms with Crippen molar-refractivity contribution in [3.05, 3.63) is 59.9 Å². The maximum Gasteiger partial charge on any atom is 0.162 e. The summed E-state index contributed by atoms with van der Waals surface area (Å²) in [5.41, 5.74) is 4.07. The van der Waals surface area contributed by atoms with Gasteiger partial charge in [0.1, 0.15) is 18.2 Å². The van der Waals surface area contributed by atoms with Crippen molar-refractivity contribution in [3.63, 3.8) is 0 Å². The number of nitrogens with zero attached hydrogens (tertiary/aromatic N) is 4. The zero-order chi connectivity index (χ0) is 19.8. The molecule has 0 bridgehead atoms. The third-order valence-electron chi connectivity index (χ3n) is 6.72. The molecule has 5 rings (SSSR count). The first-order chi connectivity index (χ1) is 14.3. The van der Waals surface area contributed by atoms with Crippen molar-refractivity contribution in [2.45, 2.75) is 58.5 Å². The maximum atomic E-state index is 4.77. The molecular weight excluding hydrogens is 376 g/mol. The number of aromatic nitrogens is 2. The largest absolute Gasteiger partial charge is 0.315 e. The predicted octanol–water partition coefficient (Wildman–Crippen LogP) is 6.69. The molecule has 2 unspecified atom stereocenters. The van der Waals surface area contributed by atoms with Crippen LogP contribution in [0.25, 0.3) is 0 Å². The fourth-order valence-corrected chi connectivity index (χ4v) is 6.02. The van der Waals surface area contributed by atoms with E-state index in [4.69, 9.17) is 4.98 Å². The van der Waals surface area contributed by atoms with Crippen LogP contribution in [0.15, 0.2) is 54.3 Å². The van der Waals surface area contributed by atoms with E-state index in [0.29, 0.717) is 0 Å². The zero-order valence-corrected chi connectivity index (χ0v) is 18.0. The Labute approximate surface area is 177 Å². The third-order valence-corrected chi connectivity index (χ3v) is 7.58. The molecule has 150 valence electrons. The molecule has 4 nitrogen and oxygen atoms in total. The average Bonchev–Trinajstić information content (AvgIpc) is 3.40. The van der Waals surface area contributed by atoms with E-state index in [1.165, 1.54) is 41.9 Å². The van der Waals surface area contributed by atoms with Crippen LogP contribution in [-0.4, -0.2) is 16.1 Å². The van der Waals surface area contributed by atoms with Crippen LogP contribution in [0.2, 0.25) is 0 Å². The standard InChI is InChI=1S/C24H28N4S/c1-3-5-8-13-24(4-2)15-18-10-6-7-11-19(18)27-20-16-25-17-26-22(20)28(23(24)27)21-12-9-14-29-21/h6-7,9-12,14,16-17,23H,3-5,8,13,15H2,1-2H3. The van der Waals surface area contributed by atoms with E-state index >= 15 is 0 Å². The Morgan fingerprint density at radius 3 is 2.76 bits per heavy atom. The van der Waals surface area contributed by atoms with Crippen LogP contribution in [0.1, 0.15) is 51.5 Å². The smallest absolute Gasteiger partial charge is 0.162 e. The summed E-state index contributed by atoms with van der Waals surface area (Å²) >= 11 is 1.80. The van der Waals surface area contributed by atoms with Crippen LogP contribution < -0.4 is 9.80 Å². The Kier molecular flexibility index (Phi) is 4.78. The van der Waals surface area contributed by atoms with E-state index < -0.39 is 0 Å². The van der Waals surface area contributed by atoms with E-state index in [-0.39, 0.29) is 11.6 Å². The van der Waals surface area contributed by atoms with E-state index in [9.17, 15) is 0 Å². The van der Waals surface area contributed by atoms with Gasteiger partial charge >= 0.3 is 0 Å². The molecule has 2 atom stereocenters. The molecule has 0 radical (unpaired) electrons. The summed E-state index contributed by atoms with van der Waals surface area (Å²) in [7, 11) is 0. The number of fused-ring (bicyclic) bond motifs is 5. The number of anilines is 4. The molecular formula is C24H28N4S. The highest BCUT2D eigenvalue weighted by molar-refractivity contribution is 7.14. The Bertz CT molecular complexity index is 986. The van der Waals surface area contributed by atoms with Crippen molar-refractivity contribution in [2.75, 3.05) is 9.80 Å². The van der Waals surface area contributed by atoms with Gasteiger partial charge in [0.25, 0.3) is 0 Å². The molecule has 29 heavy (non-hydrogen) atoms. The molecule has 2 aromatic heterocycles. The number of benzene rings is 1. The molecule has 0 saturated carbocycles. The molecule has 2 aliphatic heterocycles. The quantitative estimate of drug-likeness (QED) is 0.429. The lowest BCUT2D eigenvalue weighted by Crippen LogP contribution is -2.55. The Morgan fingerprint density at radius 1 is 1.07 bits per heavy atom. The SMILES string of the molecule is CCCCCC1(CC)Cc2ccccc2N2c3cncnc3N(c3cccs3)C21. The topological polar surface area (TPSA) is 32.3 Å². The molecule has 5 heteroatoms. The first-order valence-electron chi connectivity index (χ1n) is 10.8. The second-order valence-corrected chi connectivity index (χ2v) is 9.20. The molecule has 0 aliphatic carbocycles. The van der Waals surface area contributed by atoms with Gasteiger partial charge in [0.2, 0.25) is 0 Å². The van der Waals surface area contributed by atoms with Crippen LogP contribution in [0.4, 0.5) is 22.2 Å². The molecule has 2 aliphatic rings. The van der Waals surface area contributed by atoms with Gasteiger partial charge < -0.3 is 4.90 Å². The lowest BCUT2D eigenvalue weighted by atomic mass is 9.69. The molecule has 0 amide bonds. The maximum absolute atomic E-state index is 4.77. The zero-order valence-electron chi connectivity index (χ0n) is 17.2. The second-order valence-electron chi connectivity index (χ2n) is 8.28. The van der Waals surface area contributed by atoms with Crippen molar-refractivity contribution in [3.8, 4) is 0 Å². The summed E-state index contributed by atoms with van der Waals surface area (Å²) in [4.78, 5) is 14.2. The number of para-hydroxylation sites is 1. The van der Waals surface area contributed by atoms with Crippen molar-refractivity contribution >= 4 is 33.5 Å². The molecule has 0 saturated heterocycles. The van der Waals surface area contributed by atoms with Crippen LogP contribution in [0, 0.1) is 5.41 Å². The molecule has 0 fully saturated rings. The van der Waals surface area contributed by atoms with E-state index in [1.807, 2.05) is 6.20 Å². The predicted molar refractivity (Wildman–Crippen MR) is 121 cm³/mol. The molecule has 4 heterocycles. The monoisotopic (exact) mass is 404 g/mol. The van der Waals surface area contributed by atoms with Gasteiger partial charge in [0.15, 0.2) is 5.82 Å². The van der Waals surface area contributed by atoms with Crippen molar-refractivity contribution in [1.29, 1.82) is 0 Å². The summed E-state index contributed by atoms with van der Waals surface area (Å²) in [5.74, 6) is 1.04. The number of hydrogen-bond acceptors (Lipinski definition) is 5. The van der Waals surface area contributed by atoms with Gasteiger partial charge in [-0.05, 0) is 48.4 Å². The Hall–Kier alpha value is -2.40. The van der Waals surface area contributed by atoms with Crippen LogP contribution in [0.3, 0.4) is 0 Å². The second kappa shape index (κ2) is 7.45. The van der Waals surface area contributed by atoms with Crippen LogP contribution in [0.5, 0.6) is 0 Å². The highest BCUT2D eigenvalue weighted by Crippen LogP contribution is 2.58. The highest BCUT2D eigenvalue weighted by Gasteiger charge is 2.54. The lowest BCUT2D eigenvalue weighted by Gasteiger charge is -2.51. The summed E-state index contributed by atoms with van der Waals surface area (Å²) in [6.45, 7) is 4.67. The van der Waals surface area contributed by atoms with E-state index in [1.54, 1.807) is 17.7 Å². The van der Waals surface area contributed by atoms with Gasteiger partial charge in [0, 0.05) is 11.1 Å². The van der Waals surface area contributed by atoms with E-state index in [0.717, 1.165) is 24.3 Å². The number of hydrogen-bond donors (Lipinski definition) is 0. The van der Waals surface area contributed by atoms with Crippen molar-refractivity contribution < 1.29 is 0 Å².